The fourth-order valence-corrected chi connectivity index (χ4v) is 0.888. The van der Waals surface area contributed by atoms with Crippen LogP contribution in [0.4, 0.5) is 4.79 Å². The van der Waals surface area contributed by atoms with Gasteiger partial charge in [-0.3, -0.25) is 0 Å². The first-order valence-corrected chi connectivity index (χ1v) is 4.92. The summed E-state index contributed by atoms with van der Waals surface area (Å²) >= 11 is 0. The Balaban J connectivity index is 3.83. The van der Waals surface area contributed by atoms with Crippen molar-refractivity contribution in [2.75, 3.05) is 20.1 Å². The van der Waals surface area contributed by atoms with Crippen LogP contribution >= 0.6 is 0 Å². The number of carboxylic acids is 1. The third-order valence-electron chi connectivity index (χ3n) is 1.96. The number of nitrogens with zero attached hydrogens (tertiary/aromatic N) is 1. The lowest BCUT2D eigenvalue weighted by molar-refractivity contribution is -0.146. The summed E-state index contributed by atoms with van der Waals surface area (Å²) in [5.74, 6) is -1.38. The molecule has 0 aromatic carbocycles. The van der Waals surface area contributed by atoms with Crippen LogP contribution in [0.3, 0.4) is 0 Å². The number of hydrogen-bond donors (Lipinski definition) is 4. The molecule has 2 amide bonds. The number of carboxylic acid groups (broad SMARTS) is 1. The van der Waals surface area contributed by atoms with E-state index >= 15 is 0 Å². The van der Waals surface area contributed by atoms with Gasteiger partial charge in [-0.2, -0.15) is 0 Å². The van der Waals surface area contributed by atoms with E-state index in [2.05, 4.69) is 5.32 Å². The number of hydrogen-bond acceptors (Lipinski definition) is 4. The zero-order valence-corrected chi connectivity index (χ0v) is 9.38. The third-order valence-corrected chi connectivity index (χ3v) is 1.96. The summed E-state index contributed by atoms with van der Waals surface area (Å²) in [4.78, 5) is 22.9. The van der Waals surface area contributed by atoms with Crippen molar-refractivity contribution in [1.82, 2.24) is 10.2 Å². The van der Waals surface area contributed by atoms with Crippen molar-refractivity contribution < 1.29 is 24.9 Å². The minimum absolute atomic E-state index is 0.340. The summed E-state index contributed by atoms with van der Waals surface area (Å²) in [6.45, 7) is 1.62. The zero-order chi connectivity index (χ0) is 12.7. The van der Waals surface area contributed by atoms with Crippen molar-refractivity contribution in [3.63, 3.8) is 0 Å². The lowest BCUT2D eigenvalue weighted by Gasteiger charge is -2.19. The normalized spacial score (nSPS) is 14.0. The molecule has 2 atom stereocenters. The summed E-state index contributed by atoms with van der Waals surface area (Å²) in [5.41, 5.74) is 0. The van der Waals surface area contributed by atoms with E-state index in [0.29, 0.717) is 13.0 Å². The lowest BCUT2D eigenvalue weighted by atomic mass is 10.3. The number of carbonyl (C=O) groups excluding carboxylic acids is 1. The molecule has 94 valence electrons. The van der Waals surface area contributed by atoms with E-state index in [-0.39, 0.29) is 6.54 Å². The molecule has 0 aliphatic heterocycles. The first-order valence-electron chi connectivity index (χ1n) is 4.92. The minimum atomic E-state index is -1.60. The van der Waals surface area contributed by atoms with Gasteiger partial charge in [-0.25, -0.2) is 9.59 Å². The molecule has 7 heteroatoms. The van der Waals surface area contributed by atoms with Crippen molar-refractivity contribution in [3.05, 3.63) is 0 Å². The summed E-state index contributed by atoms with van der Waals surface area (Å²) < 4.78 is 0. The molecule has 7 nitrogen and oxygen atoms in total. The molecule has 0 aliphatic carbocycles. The monoisotopic (exact) mass is 234 g/mol. The fraction of sp³-hybridized carbons (Fsp3) is 0.778. The number of urea groups is 1. The molecule has 0 spiro atoms. The molecule has 0 fully saturated rings. The molecule has 0 aromatic heterocycles. The summed E-state index contributed by atoms with van der Waals surface area (Å²) in [7, 11) is 1.52. The molecule has 0 saturated carbocycles. The number of aliphatic hydroxyl groups excluding tert-OH is 2. The van der Waals surface area contributed by atoms with Crippen LogP contribution in [-0.2, 0) is 4.79 Å². The number of aliphatic carboxylic acids is 1. The lowest BCUT2D eigenvalue weighted by Crippen LogP contribution is -2.43. The molecule has 0 radical (unpaired) electrons. The molecular formula is C9H18N2O5. The van der Waals surface area contributed by atoms with Crippen molar-refractivity contribution in [2.24, 2.45) is 0 Å². The van der Waals surface area contributed by atoms with Crippen LogP contribution in [0.1, 0.15) is 13.3 Å². The molecular weight excluding hydrogens is 216 g/mol. The van der Waals surface area contributed by atoms with Gasteiger partial charge in [0.1, 0.15) is 0 Å². The van der Waals surface area contributed by atoms with Crippen LogP contribution < -0.4 is 5.32 Å². The van der Waals surface area contributed by atoms with Gasteiger partial charge < -0.3 is 25.5 Å². The van der Waals surface area contributed by atoms with Crippen LogP contribution in [-0.4, -0.2) is 64.6 Å². The number of aliphatic hydroxyl groups is 2. The van der Waals surface area contributed by atoms with Gasteiger partial charge in [-0.15, -0.1) is 0 Å². The van der Waals surface area contributed by atoms with Crippen molar-refractivity contribution in [2.45, 2.75) is 25.6 Å². The van der Waals surface area contributed by atoms with Crippen LogP contribution in [0, 0.1) is 0 Å². The fourth-order valence-electron chi connectivity index (χ4n) is 0.888. The quantitative estimate of drug-likeness (QED) is 0.463. The van der Waals surface area contributed by atoms with Crippen LogP contribution in [0.15, 0.2) is 0 Å². The Bertz CT molecular complexity index is 244. The average molecular weight is 234 g/mol. The molecule has 0 heterocycles. The maximum absolute atomic E-state index is 11.3. The first-order chi connectivity index (χ1) is 7.34. The predicted molar refractivity (Wildman–Crippen MR) is 56.0 cm³/mol. The Morgan fingerprint density at radius 1 is 1.38 bits per heavy atom. The Morgan fingerprint density at radius 2 is 1.94 bits per heavy atom. The van der Waals surface area contributed by atoms with E-state index in [1.165, 1.54) is 11.9 Å². The third kappa shape index (κ3) is 6.20. The summed E-state index contributed by atoms with van der Waals surface area (Å²) in [6, 6.07) is -0.485. The van der Waals surface area contributed by atoms with Gasteiger partial charge >= 0.3 is 12.0 Å². The molecule has 0 rings (SSSR count). The SMILES string of the molecule is CC(O)CCN(C)C(=O)NCC(O)C(=O)O. The minimum Gasteiger partial charge on any atom is -0.479 e. The van der Waals surface area contributed by atoms with E-state index < -0.39 is 24.2 Å². The maximum atomic E-state index is 11.3. The zero-order valence-electron chi connectivity index (χ0n) is 9.38. The molecule has 4 N–H and O–H groups in total. The van der Waals surface area contributed by atoms with Crippen molar-refractivity contribution in [3.8, 4) is 0 Å². The molecule has 0 aromatic rings. The first kappa shape index (κ1) is 14.7. The van der Waals surface area contributed by atoms with Gasteiger partial charge in [0, 0.05) is 13.6 Å². The van der Waals surface area contributed by atoms with Crippen LogP contribution in [0.5, 0.6) is 0 Å². The smallest absolute Gasteiger partial charge is 0.334 e. The number of amides is 2. The maximum Gasteiger partial charge on any atom is 0.334 e. The highest BCUT2D eigenvalue weighted by atomic mass is 16.4. The second kappa shape index (κ2) is 7.02. The second-order valence-corrected chi connectivity index (χ2v) is 3.60. The van der Waals surface area contributed by atoms with E-state index in [9.17, 15) is 9.59 Å². The molecule has 2 unspecified atom stereocenters. The van der Waals surface area contributed by atoms with Crippen molar-refractivity contribution >= 4 is 12.0 Å². The van der Waals surface area contributed by atoms with Crippen LogP contribution in [0.25, 0.3) is 0 Å². The highest BCUT2D eigenvalue weighted by molar-refractivity contribution is 5.76. The van der Waals surface area contributed by atoms with Gasteiger partial charge in [-0.1, -0.05) is 0 Å². The van der Waals surface area contributed by atoms with Gasteiger partial charge in [0.15, 0.2) is 6.10 Å². The predicted octanol–water partition coefficient (Wildman–Crippen LogP) is -1.16. The van der Waals surface area contributed by atoms with E-state index in [4.69, 9.17) is 15.3 Å². The van der Waals surface area contributed by atoms with Gasteiger partial charge in [0.25, 0.3) is 0 Å². The Kier molecular flexibility index (Phi) is 6.43. The van der Waals surface area contributed by atoms with Gasteiger partial charge in [0.05, 0.1) is 12.6 Å². The number of rotatable bonds is 6. The highest BCUT2D eigenvalue weighted by Gasteiger charge is 2.15. The van der Waals surface area contributed by atoms with Crippen LogP contribution in [0.2, 0.25) is 0 Å². The Labute approximate surface area is 93.7 Å². The Hall–Kier alpha value is -1.34. The van der Waals surface area contributed by atoms with E-state index in [1.54, 1.807) is 6.92 Å². The molecule has 0 aliphatic rings. The topological polar surface area (TPSA) is 110 Å². The standard InChI is InChI=1S/C9H18N2O5/c1-6(12)3-4-11(2)9(16)10-5-7(13)8(14)15/h6-7,12-13H,3-5H2,1-2H3,(H,10,16)(H,14,15). The Morgan fingerprint density at radius 3 is 2.38 bits per heavy atom. The number of carbonyl (C=O) groups is 2. The molecule has 0 saturated heterocycles. The molecule has 16 heavy (non-hydrogen) atoms. The summed E-state index contributed by atoms with van der Waals surface area (Å²) in [6.07, 6.45) is -1.67. The van der Waals surface area contributed by atoms with E-state index in [1.807, 2.05) is 0 Å². The highest BCUT2D eigenvalue weighted by Crippen LogP contribution is 1.93. The summed E-state index contributed by atoms with van der Waals surface area (Å²) in [5, 5.41) is 28.5. The van der Waals surface area contributed by atoms with E-state index in [0.717, 1.165) is 0 Å². The largest absolute Gasteiger partial charge is 0.479 e. The van der Waals surface area contributed by atoms with Crippen molar-refractivity contribution in [1.29, 1.82) is 0 Å². The number of nitrogens with one attached hydrogen (secondary N) is 1. The molecule has 0 bridgehead atoms. The van der Waals surface area contributed by atoms with Gasteiger partial charge in [0.2, 0.25) is 0 Å². The second-order valence-electron chi connectivity index (χ2n) is 3.60. The average Bonchev–Trinajstić information content (AvgIpc) is 2.21. The van der Waals surface area contributed by atoms with Gasteiger partial charge in [-0.05, 0) is 13.3 Å².